The van der Waals surface area contributed by atoms with Crippen LogP contribution in [0.5, 0.6) is 0 Å². The zero-order valence-corrected chi connectivity index (χ0v) is 14.2. The number of aromatic nitrogens is 2. The lowest BCUT2D eigenvalue weighted by atomic mass is 10.3. The summed E-state index contributed by atoms with van der Waals surface area (Å²) in [7, 11) is 0. The molecule has 0 bridgehead atoms. The molecule has 0 aliphatic heterocycles. The number of hydrogen-bond donors (Lipinski definition) is 1. The van der Waals surface area contributed by atoms with Crippen LogP contribution in [0.15, 0.2) is 53.2 Å². The predicted octanol–water partition coefficient (Wildman–Crippen LogP) is 3.69. The van der Waals surface area contributed by atoms with Crippen LogP contribution in [-0.2, 0) is 0 Å². The molecule has 2 aromatic carbocycles. The number of anilines is 1. The number of hydrogen-bond acceptors (Lipinski definition) is 6. The van der Waals surface area contributed by atoms with Crippen LogP contribution in [0.2, 0.25) is 0 Å². The average Bonchev–Trinajstić information content (AvgIpc) is 3.01. The van der Waals surface area contributed by atoms with Crippen LogP contribution in [0.1, 0.15) is 27.7 Å². The number of fused-ring (bicyclic) bond motifs is 1. The summed E-state index contributed by atoms with van der Waals surface area (Å²) in [5.41, 5.74) is 6.48. The van der Waals surface area contributed by atoms with Gasteiger partial charge < -0.3 is 10.9 Å². The van der Waals surface area contributed by atoms with Crippen molar-refractivity contribution in [3.05, 3.63) is 63.9 Å². The number of nitrogens with two attached hydrogens (primary N) is 1. The Morgan fingerprint density at radius 2 is 1.58 bits per heavy atom. The topological polar surface area (TPSA) is 122 Å². The van der Waals surface area contributed by atoms with E-state index in [1.165, 1.54) is 12.1 Å². The average molecular weight is 334 g/mol. The van der Waals surface area contributed by atoms with Gasteiger partial charge in [-0.3, -0.25) is 14.7 Å². The van der Waals surface area contributed by atoms with E-state index in [-0.39, 0.29) is 11.4 Å². The first-order valence-electron chi connectivity index (χ1n) is 7.53. The molecule has 0 unspecified atom stereocenters. The third kappa shape index (κ3) is 5.91. The molecule has 8 heteroatoms. The number of nitrogen functional groups attached to an aromatic ring is 1. The Kier molecular flexibility index (Phi) is 9.91. The van der Waals surface area contributed by atoms with Gasteiger partial charge in [0, 0.05) is 11.2 Å². The smallest absolute Gasteiger partial charge is 0.292 e. The van der Waals surface area contributed by atoms with E-state index >= 15 is 0 Å². The molecule has 1 aromatic heterocycles. The van der Waals surface area contributed by atoms with Gasteiger partial charge >= 0.3 is 0 Å². The van der Waals surface area contributed by atoms with Gasteiger partial charge in [-0.25, -0.2) is 0 Å². The first-order chi connectivity index (χ1) is 11.6. The second-order valence-electron chi connectivity index (χ2n) is 3.73. The molecule has 3 aromatic rings. The molecule has 0 amide bonds. The van der Waals surface area contributed by atoms with Gasteiger partial charge in [0.2, 0.25) is 11.0 Å². The summed E-state index contributed by atoms with van der Waals surface area (Å²) >= 11 is 0. The monoisotopic (exact) mass is 334 g/mol. The minimum absolute atomic E-state index is 0.0394. The number of benzene rings is 2. The molecule has 24 heavy (non-hydrogen) atoms. The lowest BCUT2D eigenvalue weighted by molar-refractivity contribution is -0.782. The Balaban J connectivity index is 0.000000366. The Morgan fingerprint density at radius 1 is 1.04 bits per heavy atom. The van der Waals surface area contributed by atoms with E-state index in [1.807, 2.05) is 27.7 Å². The van der Waals surface area contributed by atoms with Gasteiger partial charge in [0.05, 0.1) is 4.92 Å². The molecule has 2 N–H and O–H groups in total. The maximum atomic E-state index is 10.7. The molecule has 0 atom stereocenters. The van der Waals surface area contributed by atoms with Crippen molar-refractivity contribution < 1.29 is 14.5 Å². The fourth-order valence-corrected chi connectivity index (χ4v) is 1.47. The highest BCUT2D eigenvalue weighted by Gasteiger charge is 2.07. The highest BCUT2D eigenvalue weighted by Crippen LogP contribution is 2.18. The number of nitro benzene ring substituents is 1. The summed E-state index contributed by atoms with van der Waals surface area (Å²) < 4.78 is 4.33. The van der Waals surface area contributed by atoms with E-state index in [4.69, 9.17) is 5.73 Å². The maximum absolute atomic E-state index is 10.7. The number of rotatable bonds is 1. The first kappa shape index (κ1) is 20.8. The van der Waals surface area contributed by atoms with E-state index in [0.29, 0.717) is 15.9 Å². The van der Waals surface area contributed by atoms with E-state index in [2.05, 4.69) is 9.79 Å². The second-order valence-corrected chi connectivity index (χ2v) is 3.73. The van der Waals surface area contributed by atoms with Crippen molar-refractivity contribution in [3.8, 4) is 0 Å². The third-order valence-corrected chi connectivity index (χ3v) is 2.43. The largest absolute Gasteiger partial charge is 0.393 e. The number of para-hydroxylation sites is 3. The Bertz CT molecular complexity index is 744. The molecular weight excluding hydrogens is 312 g/mol. The Morgan fingerprint density at radius 3 is 2.08 bits per heavy atom. The molecule has 0 aliphatic carbocycles. The SMILES string of the molecule is CC.CC.Nc1ccccc1[N+](=O)[O-].[O-][n+]1onc2ccccc21. The van der Waals surface area contributed by atoms with Gasteiger partial charge in [-0.15, -0.1) is 0 Å². The van der Waals surface area contributed by atoms with E-state index < -0.39 is 4.92 Å². The van der Waals surface area contributed by atoms with Gasteiger partial charge in [0.25, 0.3) is 5.69 Å². The minimum Gasteiger partial charge on any atom is -0.393 e. The summed E-state index contributed by atoms with van der Waals surface area (Å²) in [6.07, 6.45) is 0. The molecule has 0 fully saturated rings. The van der Waals surface area contributed by atoms with E-state index in [0.717, 1.165) is 0 Å². The molecule has 0 spiro atoms. The molecule has 3 rings (SSSR count). The van der Waals surface area contributed by atoms with Crippen molar-refractivity contribution in [2.75, 3.05) is 5.73 Å². The van der Waals surface area contributed by atoms with Crippen molar-refractivity contribution in [1.29, 1.82) is 0 Å². The van der Waals surface area contributed by atoms with Crippen LogP contribution in [0.25, 0.3) is 11.0 Å². The lowest BCUT2D eigenvalue weighted by Gasteiger charge is -1.92. The minimum atomic E-state index is -0.505. The molecule has 130 valence electrons. The first-order valence-corrected chi connectivity index (χ1v) is 7.53. The summed E-state index contributed by atoms with van der Waals surface area (Å²) in [5, 5.41) is 24.3. The molecule has 0 aliphatic rings. The zero-order valence-electron chi connectivity index (χ0n) is 14.2. The van der Waals surface area contributed by atoms with Crippen LogP contribution >= 0.6 is 0 Å². The highest BCUT2D eigenvalue weighted by molar-refractivity contribution is 5.69. The van der Waals surface area contributed by atoms with Crippen molar-refractivity contribution in [2.45, 2.75) is 27.7 Å². The highest BCUT2D eigenvalue weighted by atomic mass is 16.8. The van der Waals surface area contributed by atoms with Crippen LogP contribution in [0.4, 0.5) is 11.4 Å². The van der Waals surface area contributed by atoms with Gasteiger partial charge in [0.15, 0.2) is 0 Å². The molecule has 0 saturated carbocycles. The van der Waals surface area contributed by atoms with Gasteiger partial charge in [0.1, 0.15) is 5.69 Å². The number of nitrogens with zero attached hydrogens (tertiary/aromatic N) is 3. The van der Waals surface area contributed by atoms with Crippen molar-refractivity contribution >= 4 is 22.4 Å². The maximum Gasteiger partial charge on any atom is 0.292 e. The van der Waals surface area contributed by atoms with E-state index in [9.17, 15) is 15.3 Å². The summed E-state index contributed by atoms with van der Waals surface area (Å²) in [4.78, 5) is 10.0. The summed E-state index contributed by atoms with van der Waals surface area (Å²) in [6.45, 7) is 8.00. The van der Waals surface area contributed by atoms with Gasteiger partial charge in [-0.05, 0) is 23.1 Å². The molecule has 0 radical (unpaired) electrons. The Labute approximate surface area is 140 Å². The zero-order chi connectivity index (χ0) is 18.5. The van der Waals surface area contributed by atoms with Crippen LogP contribution < -0.4 is 10.6 Å². The van der Waals surface area contributed by atoms with Gasteiger partial charge in [-0.1, -0.05) is 52.0 Å². The predicted molar refractivity (Wildman–Crippen MR) is 93.2 cm³/mol. The van der Waals surface area contributed by atoms with Crippen molar-refractivity contribution in [2.24, 2.45) is 0 Å². The van der Waals surface area contributed by atoms with Crippen LogP contribution in [0.3, 0.4) is 0 Å². The van der Waals surface area contributed by atoms with Crippen molar-refractivity contribution in [3.63, 3.8) is 0 Å². The molecule has 1 heterocycles. The fourth-order valence-electron chi connectivity index (χ4n) is 1.47. The number of nitro groups is 1. The fraction of sp³-hybridized carbons (Fsp3) is 0.250. The molecular formula is C16H22N4O4. The van der Waals surface area contributed by atoms with Gasteiger partial charge in [-0.2, -0.15) is 0 Å². The van der Waals surface area contributed by atoms with Crippen LogP contribution in [0, 0.1) is 15.3 Å². The van der Waals surface area contributed by atoms with Crippen LogP contribution in [-0.4, -0.2) is 10.1 Å². The van der Waals surface area contributed by atoms with E-state index in [1.54, 1.807) is 36.4 Å². The molecule has 8 nitrogen and oxygen atoms in total. The normalized spacial score (nSPS) is 8.67. The standard InChI is InChI=1S/C6H4N2O2.C6H6N2O2.2C2H6/c9-8-6-4-2-1-3-5(6)7-10-8;7-5-3-1-2-4-6(5)8(9)10;2*1-2/h1-4H;1-4H,7H2;2*1-2H3. The lowest BCUT2D eigenvalue weighted by Crippen LogP contribution is -2.22. The Hall–Kier alpha value is -3.16. The third-order valence-electron chi connectivity index (χ3n) is 2.43. The quantitative estimate of drug-likeness (QED) is 0.313. The molecule has 0 saturated heterocycles. The summed E-state index contributed by atoms with van der Waals surface area (Å²) in [5.74, 6) is 0. The second kappa shape index (κ2) is 11.4. The summed E-state index contributed by atoms with van der Waals surface area (Å²) in [6, 6.07) is 13.0. The van der Waals surface area contributed by atoms with Crippen molar-refractivity contribution in [1.82, 2.24) is 5.16 Å².